The van der Waals surface area contributed by atoms with Gasteiger partial charge in [-0.15, -0.1) is 0 Å². The fourth-order valence-corrected chi connectivity index (χ4v) is 4.86. The highest BCUT2D eigenvalue weighted by molar-refractivity contribution is 5.95. The summed E-state index contributed by atoms with van der Waals surface area (Å²) in [4.78, 5) is 29.3. The van der Waals surface area contributed by atoms with Gasteiger partial charge in [-0.3, -0.25) is 9.59 Å². The molecule has 4 N–H and O–H groups in total. The van der Waals surface area contributed by atoms with Gasteiger partial charge in [0.25, 0.3) is 5.91 Å². The molecule has 1 aromatic carbocycles. The van der Waals surface area contributed by atoms with Crippen molar-refractivity contribution in [1.29, 1.82) is 0 Å². The summed E-state index contributed by atoms with van der Waals surface area (Å²) in [6.45, 7) is 6.10. The van der Waals surface area contributed by atoms with Crippen LogP contribution in [0.4, 0.5) is 24.8 Å². The Morgan fingerprint density at radius 3 is 2.31 bits per heavy atom. The van der Waals surface area contributed by atoms with E-state index in [1.165, 1.54) is 65.9 Å². The maximum atomic E-state index is 12.8. The van der Waals surface area contributed by atoms with E-state index in [4.69, 9.17) is 9.47 Å². The Morgan fingerprint density at radius 2 is 1.76 bits per heavy atom. The second-order valence-corrected chi connectivity index (χ2v) is 10.5. The minimum atomic E-state index is -4.51. The van der Waals surface area contributed by atoms with Gasteiger partial charge in [0.05, 0.1) is 24.1 Å². The van der Waals surface area contributed by atoms with E-state index in [1.54, 1.807) is 18.2 Å². The summed E-state index contributed by atoms with van der Waals surface area (Å²) in [7, 11) is 1.43. The van der Waals surface area contributed by atoms with Crippen molar-refractivity contribution in [1.82, 2.24) is 15.3 Å². The van der Waals surface area contributed by atoms with Crippen LogP contribution >= 0.6 is 0 Å². The Morgan fingerprint density at radius 1 is 1.12 bits per heavy atom. The van der Waals surface area contributed by atoms with Crippen molar-refractivity contribution in [2.45, 2.75) is 90.8 Å². The van der Waals surface area contributed by atoms with E-state index in [2.05, 4.69) is 33.3 Å². The second kappa shape index (κ2) is 17.5. The van der Waals surface area contributed by atoms with Crippen LogP contribution < -0.4 is 21.1 Å². The van der Waals surface area contributed by atoms with E-state index in [0.29, 0.717) is 30.2 Å². The number of anilines is 2. The average Bonchev–Trinajstić information content (AvgIpc) is 2.94. The van der Waals surface area contributed by atoms with Crippen LogP contribution in [0.25, 0.3) is 0 Å². The van der Waals surface area contributed by atoms with Crippen LogP contribution in [-0.2, 0) is 15.7 Å². The number of benzene rings is 1. The molecule has 1 aliphatic carbocycles. The smallest absolute Gasteiger partial charge is 0.419 e. The molecule has 2 heterocycles. The molecular weight excluding hydrogens is 551 g/mol. The first-order chi connectivity index (χ1) is 19.9. The lowest BCUT2D eigenvalue weighted by Gasteiger charge is -2.23. The number of aromatic nitrogens is 2. The van der Waals surface area contributed by atoms with Gasteiger partial charge >= 0.3 is 6.18 Å². The van der Waals surface area contributed by atoms with E-state index >= 15 is 0 Å². The van der Waals surface area contributed by atoms with Crippen LogP contribution in [-0.4, -0.2) is 48.1 Å². The minimum Gasteiger partial charge on any atom is -0.495 e. The second-order valence-electron chi connectivity index (χ2n) is 10.5. The first kappa shape index (κ1) is 34.8. The number of nitrogens with two attached hydrogens (primary N) is 1. The number of hydrogen-bond donors (Lipinski definition) is 3. The van der Waals surface area contributed by atoms with E-state index < -0.39 is 11.7 Å². The summed E-state index contributed by atoms with van der Waals surface area (Å²) in [6, 6.07) is 4.79. The van der Waals surface area contributed by atoms with Crippen molar-refractivity contribution >= 4 is 23.5 Å². The van der Waals surface area contributed by atoms with E-state index in [-0.39, 0.29) is 29.5 Å². The van der Waals surface area contributed by atoms with Crippen molar-refractivity contribution in [3.8, 4) is 5.75 Å². The number of ether oxygens (including phenoxy) is 2. The van der Waals surface area contributed by atoms with Gasteiger partial charge in [0.15, 0.2) is 0 Å². The number of primary amides is 1. The predicted octanol–water partition coefficient (Wildman–Crippen LogP) is 6.32. The first-order valence-electron chi connectivity index (χ1n) is 14.4. The zero-order chi connectivity index (χ0) is 31.1. The summed E-state index contributed by atoms with van der Waals surface area (Å²) in [5.41, 5.74) is 4.22. The zero-order valence-electron chi connectivity index (χ0n) is 25.0. The van der Waals surface area contributed by atoms with Crippen molar-refractivity contribution in [3.05, 3.63) is 41.2 Å². The summed E-state index contributed by atoms with van der Waals surface area (Å²) < 4.78 is 49.1. The number of halogens is 3. The summed E-state index contributed by atoms with van der Waals surface area (Å²) in [6.07, 6.45) is 8.16. The average molecular weight is 596 g/mol. The number of aryl methyl sites for hydroxylation is 1. The van der Waals surface area contributed by atoms with Gasteiger partial charge in [0.1, 0.15) is 5.75 Å². The summed E-state index contributed by atoms with van der Waals surface area (Å²) >= 11 is 0. The fourth-order valence-electron chi connectivity index (χ4n) is 4.86. The number of amides is 2. The van der Waals surface area contributed by atoms with Gasteiger partial charge in [0.2, 0.25) is 11.9 Å². The molecule has 2 amide bonds. The van der Waals surface area contributed by atoms with Gasteiger partial charge in [-0.05, 0) is 43.9 Å². The highest BCUT2D eigenvalue weighted by Crippen LogP contribution is 2.32. The predicted molar refractivity (Wildman–Crippen MR) is 156 cm³/mol. The molecule has 4 rings (SSSR count). The van der Waals surface area contributed by atoms with Crippen LogP contribution in [0.2, 0.25) is 0 Å². The third-order valence-corrected chi connectivity index (χ3v) is 6.97. The molecule has 42 heavy (non-hydrogen) atoms. The lowest BCUT2D eigenvalue weighted by atomic mass is 9.86. The normalized spacial score (nSPS) is 15.8. The molecule has 1 saturated heterocycles. The van der Waals surface area contributed by atoms with Gasteiger partial charge in [-0.25, -0.2) is 9.97 Å². The molecule has 1 aliphatic heterocycles. The number of methoxy groups -OCH3 is 1. The number of rotatable bonds is 7. The summed E-state index contributed by atoms with van der Waals surface area (Å²) in [5.74, 6) is 0.867. The van der Waals surface area contributed by atoms with Crippen LogP contribution in [0, 0.1) is 12.8 Å². The Bertz CT molecular complexity index is 1130. The number of nitrogens with zero attached hydrogens (tertiary/aromatic N) is 2. The van der Waals surface area contributed by atoms with Crippen molar-refractivity contribution < 1.29 is 32.2 Å². The van der Waals surface area contributed by atoms with Crippen LogP contribution in [0.1, 0.15) is 93.3 Å². The van der Waals surface area contributed by atoms with Gasteiger partial charge < -0.3 is 25.8 Å². The monoisotopic (exact) mass is 595 g/mol. The van der Waals surface area contributed by atoms with Gasteiger partial charge in [-0.1, -0.05) is 51.9 Å². The largest absolute Gasteiger partial charge is 0.495 e. The quantitative estimate of drug-likeness (QED) is 0.342. The molecule has 0 radical (unpaired) electrons. The van der Waals surface area contributed by atoms with Crippen LogP contribution in [0.5, 0.6) is 5.75 Å². The summed E-state index contributed by atoms with van der Waals surface area (Å²) in [5, 5.41) is 5.78. The number of alkyl halides is 3. The molecule has 0 spiro atoms. The molecule has 0 bridgehead atoms. The van der Waals surface area contributed by atoms with E-state index in [1.807, 2.05) is 0 Å². The number of hydrogen-bond acceptors (Lipinski definition) is 7. The molecule has 2 fully saturated rings. The first-order valence-corrected chi connectivity index (χ1v) is 14.4. The minimum absolute atomic E-state index is 0.00629. The molecule has 2 aromatic rings. The molecule has 0 atom stereocenters. The SMILES string of the molecule is CC(N)=O.CCCC1CCCCC1.COc1cc(C(=O)NC2CCOCC2)ccc1Nc1ncc(C(F)(F)F)c(C)n1. The molecule has 1 aromatic heterocycles. The zero-order valence-corrected chi connectivity index (χ0v) is 25.0. The van der Waals surface area contributed by atoms with Crippen molar-refractivity contribution in [2.24, 2.45) is 11.7 Å². The Hall–Kier alpha value is -3.41. The molecule has 0 unspecified atom stereocenters. The number of carbonyl (C=O) groups excluding carboxylic acids is 2. The highest BCUT2D eigenvalue weighted by Gasteiger charge is 2.33. The third-order valence-electron chi connectivity index (χ3n) is 6.97. The molecule has 234 valence electrons. The molecule has 12 heteroatoms. The van der Waals surface area contributed by atoms with Crippen LogP contribution in [0.3, 0.4) is 0 Å². The van der Waals surface area contributed by atoms with Gasteiger partial charge in [0, 0.05) is 37.9 Å². The standard InChI is InChI=1S/C19H21F3N4O3.C9H18.C2H5NO/c1-11-14(19(20,21)22)10-23-18(24-11)26-15-4-3-12(9-16(15)28-2)17(27)25-13-5-7-29-8-6-13;1-2-6-9-7-4-3-5-8-9;1-2(3)4/h3-4,9-10,13H,5-8H2,1-2H3,(H,25,27)(H,23,24,26);9H,2-8H2,1H3;1H3,(H2,3,4). The Balaban J connectivity index is 0.000000392. The molecule has 1 saturated carbocycles. The van der Waals surface area contributed by atoms with E-state index in [0.717, 1.165) is 25.0 Å². The Kier molecular flexibility index (Phi) is 14.5. The Labute approximate surface area is 246 Å². The molecule has 9 nitrogen and oxygen atoms in total. The highest BCUT2D eigenvalue weighted by atomic mass is 19.4. The fraction of sp³-hybridized carbons (Fsp3) is 0.600. The molecule has 2 aliphatic rings. The number of carbonyl (C=O) groups is 2. The van der Waals surface area contributed by atoms with Gasteiger partial charge in [-0.2, -0.15) is 13.2 Å². The van der Waals surface area contributed by atoms with Crippen molar-refractivity contribution in [3.63, 3.8) is 0 Å². The third kappa shape index (κ3) is 12.2. The van der Waals surface area contributed by atoms with Crippen molar-refractivity contribution in [2.75, 3.05) is 25.6 Å². The molecular formula is C30H44F3N5O4. The van der Waals surface area contributed by atoms with Crippen LogP contribution in [0.15, 0.2) is 24.4 Å². The maximum absolute atomic E-state index is 12.8. The maximum Gasteiger partial charge on any atom is 0.419 e. The number of nitrogens with one attached hydrogen (secondary N) is 2. The van der Waals surface area contributed by atoms with E-state index in [9.17, 15) is 22.8 Å². The topological polar surface area (TPSA) is 128 Å². The lowest BCUT2D eigenvalue weighted by molar-refractivity contribution is -0.138. The lowest BCUT2D eigenvalue weighted by Crippen LogP contribution is -2.38.